The van der Waals surface area contributed by atoms with Crippen molar-refractivity contribution in [3.05, 3.63) is 29.8 Å². The van der Waals surface area contributed by atoms with E-state index in [-0.39, 0.29) is 13.0 Å². The molecule has 1 rings (SSSR count). The van der Waals surface area contributed by atoms with Crippen molar-refractivity contribution in [2.45, 2.75) is 25.9 Å². The van der Waals surface area contributed by atoms with Gasteiger partial charge in [0.2, 0.25) is 0 Å². The van der Waals surface area contributed by atoms with E-state index in [0.29, 0.717) is 17.9 Å². The summed E-state index contributed by atoms with van der Waals surface area (Å²) in [5, 5.41) is 9.86. The molecule has 0 heterocycles. The molecule has 0 bridgehead atoms. The van der Waals surface area contributed by atoms with Crippen LogP contribution in [-0.2, 0) is 4.74 Å². The van der Waals surface area contributed by atoms with Crippen LogP contribution in [0.25, 0.3) is 0 Å². The fourth-order valence-corrected chi connectivity index (χ4v) is 1.51. The van der Waals surface area contributed by atoms with E-state index in [9.17, 15) is 13.9 Å². The fourth-order valence-electron chi connectivity index (χ4n) is 1.51. The van der Waals surface area contributed by atoms with E-state index in [0.717, 1.165) is 0 Å². The molecule has 0 fully saturated rings. The predicted molar refractivity (Wildman–Crippen MR) is 64.0 cm³/mol. The van der Waals surface area contributed by atoms with Crippen LogP contribution in [0.4, 0.5) is 8.78 Å². The molecule has 5 heteroatoms. The Labute approximate surface area is 105 Å². The summed E-state index contributed by atoms with van der Waals surface area (Å²) in [6, 6.07) is 7.08. The third-order valence-corrected chi connectivity index (χ3v) is 2.33. The van der Waals surface area contributed by atoms with Gasteiger partial charge in [0.1, 0.15) is 12.4 Å². The van der Waals surface area contributed by atoms with E-state index in [1.54, 1.807) is 24.3 Å². The highest BCUT2D eigenvalue weighted by molar-refractivity contribution is 5.29. The quantitative estimate of drug-likeness (QED) is 0.730. The number of benzene rings is 1. The predicted octanol–water partition coefficient (Wildman–Crippen LogP) is 2.79. The van der Waals surface area contributed by atoms with Crippen LogP contribution in [0.3, 0.4) is 0 Å². The van der Waals surface area contributed by atoms with Gasteiger partial charge in [-0.1, -0.05) is 12.1 Å². The molecule has 3 nitrogen and oxygen atoms in total. The number of rotatable bonds is 8. The zero-order valence-corrected chi connectivity index (χ0v) is 10.3. The van der Waals surface area contributed by atoms with Gasteiger partial charge in [0.15, 0.2) is 0 Å². The first kappa shape index (κ1) is 14.9. The lowest BCUT2D eigenvalue weighted by Crippen LogP contribution is -2.08. The zero-order chi connectivity index (χ0) is 13.4. The highest BCUT2D eigenvalue weighted by Crippen LogP contribution is 2.21. The Bertz CT molecular complexity index is 345. The number of aliphatic hydroxyl groups is 1. The van der Waals surface area contributed by atoms with Crippen LogP contribution in [0.15, 0.2) is 24.3 Å². The second kappa shape index (κ2) is 8.00. The second-order valence-electron chi connectivity index (χ2n) is 3.78. The molecule has 0 spiro atoms. The van der Waals surface area contributed by atoms with Gasteiger partial charge in [0.05, 0.1) is 12.7 Å². The van der Waals surface area contributed by atoms with Crippen molar-refractivity contribution >= 4 is 0 Å². The highest BCUT2D eigenvalue weighted by Gasteiger charge is 2.09. The molecule has 0 aliphatic carbocycles. The lowest BCUT2D eigenvalue weighted by Gasteiger charge is -2.12. The molecular weight excluding hydrogens is 242 g/mol. The molecule has 0 aliphatic rings. The standard InChI is InChI=1S/C13H18F2O3/c1-2-18-11-5-3-4-10(8-11)12(16)6-7-17-9-13(14)15/h3-5,8,12-13,16H,2,6-7,9H2,1H3. The topological polar surface area (TPSA) is 38.7 Å². The maximum absolute atomic E-state index is 11.8. The van der Waals surface area contributed by atoms with Crippen molar-refractivity contribution in [2.24, 2.45) is 0 Å². The Balaban J connectivity index is 2.40. The molecular formula is C13H18F2O3. The maximum Gasteiger partial charge on any atom is 0.261 e. The van der Waals surface area contributed by atoms with E-state index in [1.807, 2.05) is 6.92 Å². The smallest absolute Gasteiger partial charge is 0.261 e. The summed E-state index contributed by atoms with van der Waals surface area (Å²) in [4.78, 5) is 0. The minimum Gasteiger partial charge on any atom is -0.494 e. The largest absolute Gasteiger partial charge is 0.494 e. The Morgan fingerprint density at radius 2 is 2.11 bits per heavy atom. The van der Waals surface area contributed by atoms with Crippen LogP contribution in [0.1, 0.15) is 25.0 Å². The van der Waals surface area contributed by atoms with Crippen LogP contribution in [0, 0.1) is 0 Å². The molecule has 0 aromatic heterocycles. The molecule has 0 saturated carbocycles. The summed E-state index contributed by atoms with van der Waals surface area (Å²) in [7, 11) is 0. The minimum atomic E-state index is -2.47. The Morgan fingerprint density at radius 3 is 2.78 bits per heavy atom. The van der Waals surface area contributed by atoms with Gasteiger partial charge in [-0.3, -0.25) is 0 Å². The molecule has 1 aromatic rings. The number of ether oxygens (including phenoxy) is 2. The van der Waals surface area contributed by atoms with E-state index in [4.69, 9.17) is 9.47 Å². The van der Waals surface area contributed by atoms with Gasteiger partial charge in [-0.25, -0.2) is 8.78 Å². The van der Waals surface area contributed by atoms with Gasteiger partial charge >= 0.3 is 0 Å². The van der Waals surface area contributed by atoms with Crippen LogP contribution >= 0.6 is 0 Å². The summed E-state index contributed by atoms with van der Waals surface area (Å²) in [5.74, 6) is 0.683. The molecule has 1 unspecified atom stereocenters. The molecule has 0 radical (unpaired) electrons. The van der Waals surface area contributed by atoms with Crippen LogP contribution in [0.2, 0.25) is 0 Å². The van der Waals surface area contributed by atoms with Crippen LogP contribution < -0.4 is 4.74 Å². The van der Waals surface area contributed by atoms with Gasteiger partial charge in [-0.05, 0) is 24.6 Å². The van der Waals surface area contributed by atoms with E-state index in [2.05, 4.69) is 0 Å². The average Bonchev–Trinajstić information content (AvgIpc) is 2.35. The average molecular weight is 260 g/mol. The summed E-state index contributed by atoms with van der Waals surface area (Å²) in [5.41, 5.74) is 0.696. The van der Waals surface area contributed by atoms with Crippen molar-refractivity contribution in [3.8, 4) is 5.75 Å². The zero-order valence-electron chi connectivity index (χ0n) is 10.3. The normalized spacial score (nSPS) is 12.7. The van der Waals surface area contributed by atoms with Gasteiger partial charge in [-0.2, -0.15) is 0 Å². The van der Waals surface area contributed by atoms with E-state index >= 15 is 0 Å². The third-order valence-electron chi connectivity index (χ3n) is 2.33. The lowest BCUT2D eigenvalue weighted by molar-refractivity contribution is 0.00479. The van der Waals surface area contributed by atoms with Gasteiger partial charge in [-0.15, -0.1) is 0 Å². The third kappa shape index (κ3) is 5.42. The van der Waals surface area contributed by atoms with Gasteiger partial charge in [0.25, 0.3) is 6.43 Å². The first-order chi connectivity index (χ1) is 8.63. The number of aliphatic hydroxyl groups excluding tert-OH is 1. The second-order valence-corrected chi connectivity index (χ2v) is 3.78. The number of hydrogen-bond donors (Lipinski definition) is 1. The first-order valence-electron chi connectivity index (χ1n) is 5.90. The highest BCUT2D eigenvalue weighted by atomic mass is 19.3. The first-order valence-corrected chi connectivity index (χ1v) is 5.90. The number of alkyl halides is 2. The van der Waals surface area contributed by atoms with Crippen molar-refractivity contribution in [2.75, 3.05) is 19.8 Å². The van der Waals surface area contributed by atoms with E-state index < -0.39 is 19.1 Å². The molecule has 1 N–H and O–H groups in total. The monoisotopic (exact) mass is 260 g/mol. The summed E-state index contributed by atoms with van der Waals surface area (Å²) in [6.45, 7) is 1.94. The Kier molecular flexibility index (Phi) is 6.60. The summed E-state index contributed by atoms with van der Waals surface area (Å²) < 4.78 is 33.7. The molecule has 0 amide bonds. The van der Waals surface area contributed by atoms with Crippen LogP contribution in [-0.4, -0.2) is 31.4 Å². The van der Waals surface area contributed by atoms with Gasteiger partial charge < -0.3 is 14.6 Å². The molecule has 1 atom stereocenters. The summed E-state index contributed by atoms with van der Waals surface area (Å²) >= 11 is 0. The summed E-state index contributed by atoms with van der Waals surface area (Å²) in [6.07, 6.45) is -2.92. The molecule has 102 valence electrons. The van der Waals surface area contributed by atoms with Gasteiger partial charge in [0, 0.05) is 13.0 Å². The molecule has 1 aromatic carbocycles. The van der Waals surface area contributed by atoms with Crippen molar-refractivity contribution in [1.29, 1.82) is 0 Å². The van der Waals surface area contributed by atoms with Crippen LogP contribution in [0.5, 0.6) is 5.75 Å². The van der Waals surface area contributed by atoms with E-state index in [1.165, 1.54) is 0 Å². The van der Waals surface area contributed by atoms with Crippen molar-refractivity contribution in [3.63, 3.8) is 0 Å². The molecule has 18 heavy (non-hydrogen) atoms. The maximum atomic E-state index is 11.8. The minimum absolute atomic E-state index is 0.102. The van der Waals surface area contributed by atoms with Crippen molar-refractivity contribution < 1.29 is 23.4 Å². The Morgan fingerprint density at radius 1 is 1.33 bits per heavy atom. The Hall–Kier alpha value is -1.20. The lowest BCUT2D eigenvalue weighted by atomic mass is 10.1. The fraction of sp³-hybridized carbons (Fsp3) is 0.538. The molecule has 0 aliphatic heterocycles. The SMILES string of the molecule is CCOc1cccc(C(O)CCOCC(F)F)c1. The number of halogens is 2. The number of hydrogen-bond acceptors (Lipinski definition) is 3. The molecule has 0 saturated heterocycles. The van der Waals surface area contributed by atoms with Crippen molar-refractivity contribution in [1.82, 2.24) is 0 Å².